The summed E-state index contributed by atoms with van der Waals surface area (Å²) >= 11 is 0. The van der Waals surface area contributed by atoms with Crippen LogP contribution < -0.4 is 0 Å². The molecule has 1 aromatic carbocycles. The predicted molar refractivity (Wildman–Crippen MR) is 79.6 cm³/mol. The van der Waals surface area contributed by atoms with Crippen LogP contribution in [0.2, 0.25) is 0 Å². The van der Waals surface area contributed by atoms with Crippen molar-refractivity contribution in [2.24, 2.45) is 7.05 Å². The van der Waals surface area contributed by atoms with Crippen LogP contribution >= 0.6 is 0 Å². The van der Waals surface area contributed by atoms with Gasteiger partial charge in [-0.2, -0.15) is 0 Å². The second kappa shape index (κ2) is 6.18. The maximum Gasteiger partial charge on any atom is 0.135 e. The van der Waals surface area contributed by atoms with E-state index in [0.717, 1.165) is 18.8 Å². The lowest BCUT2D eigenvalue weighted by atomic mass is 9.95. The molecule has 0 unspecified atom stereocenters. The third-order valence-electron chi connectivity index (χ3n) is 4.26. The van der Waals surface area contributed by atoms with Crippen LogP contribution in [0.25, 0.3) is 0 Å². The summed E-state index contributed by atoms with van der Waals surface area (Å²) in [7, 11) is 2.04. The Morgan fingerprint density at radius 3 is 2.55 bits per heavy atom. The predicted octanol–water partition coefficient (Wildman–Crippen LogP) is 2.24. The molecule has 0 saturated carbocycles. The first kappa shape index (κ1) is 13.3. The lowest BCUT2D eigenvalue weighted by Crippen LogP contribution is -2.35. The van der Waals surface area contributed by atoms with E-state index >= 15 is 0 Å². The minimum absolute atomic E-state index is 0.579. The standard InChI is InChI=1S/C16H22N4/c1-19-13-17-18-16(19)15-8-11-20(12-9-15)10-7-14-5-3-2-4-6-14/h2-6,13,15H,7-12H2,1H3. The highest BCUT2D eigenvalue weighted by atomic mass is 15.3. The SMILES string of the molecule is Cn1cnnc1C1CCN(CCc2ccccc2)CC1. The Labute approximate surface area is 120 Å². The van der Waals surface area contributed by atoms with E-state index in [1.807, 2.05) is 7.05 Å². The molecule has 0 bridgehead atoms. The van der Waals surface area contributed by atoms with Crippen LogP contribution in [0.5, 0.6) is 0 Å². The summed E-state index contributed by atoms with van der Waals surface area (Å²) in [5.74, 6) is 1.73. The number of hydrogen-bond donors (Lipinski definition) is 0. The third-order valence-corrected chi connectivity index (χ3v) is 4.26. The number of rotatable bonds is 4. The Balaban J connectivity index is 1.48. The van der Waals surface area contributed by atoms with Gasteiger partial charge in [-0.25, -0.2) is 0 Å². The lowest BCUT2D eigenvalue weighted by molar-refractivity contribution is 0.210. The smallest absolute Gasteiger partial charge is 0.135 e. The van der Waals surface area contributed by atoms with Crippen LogP contribution in [0.15, 0.2) is 36.7 Å². The van der Waals surface area contributed by atoms with Gasteiger partial charge in [-0.1, -0.05) is 30.3 Å². The second-order valence-corrected chi connectivity index (χ2v) is 5.65. The minimum atomic E-state index is 0.579. The van der Waals surface area contributed by atoms with Crippen LogP contribution in [0.3, 0.4) is 0 Å². The van der Waals surface area contributed by atoms with E-state index in [2.05, 4.69) is 50.0 Å². The molecule has 20 heavy (non-hydrogen) atoms. The maximum absolute atomic E-state index is 4.25. The van der Waals surface area contributed by atoms with Gasteiger partial charge >= 0.3 is 0 Å². The largest absolute Gasteiger partial charge is 0.320 e. The number of aromatic nitrogens is 3. The number of likely N-dealkylation sites (tertiary alicyclic amines) is 1. The lowest BCUT2D eigenvalue weighted by Gasteiger charge is -2.31. The molecular weight excluding hydrogens is 248 g/mol. The highest BCUT2D eigenvalue weighted by Gasteiger charge is 2.23. The van der Waals surface area contributed by atoms with Crippen LogP contribution in [0.1, 0.15) is 30.1 Å². The zero-order valence-electron chi connectivity index (χ0n) is 12.1. The van der Waals surface area contributed by atoms with E-state index in [1.54, 1.807) is 6.33 Å². The zero-order chi connectivity index (χ0) is 13.8. The number of aryl methyl sites for hydroxylation is 1. The highest BCUT2D eigenvalue weighted by Crippen LogP contribution is 2.25. The summed E-state index contributed by atoms with van der Waals surface area (Å²) in [6.07, 6.45) is 5.34. The van der Waals surface area contributed by atoms with Gasteiger partial charge in [0, 0.05) is 19.5 Å². The van der Waals surface area contributed by atoms with E-state index in [-0.39, 0.29) is 0 Å². The summed E-state index contributed by atoms with van der Waals surface area (Å²) in [5, 5.41) is 8.24. The molecule has 0 spiro atoms. The van der Waals surface area contributed by atoms with Crippen LogP contribution in [-0.4, -0.2) is 39.3 Å². The molecule has 0 radical (unpaired) electrons. The van der Waals surface area contributed by atoms with E-state index in [9.17, 15) is 0 Å². The molecule has 1 aromatic heterocycles. The summed E-state index contributed by atoms with van der Waals surface area (Å²) in [4.78, 5) is 2.57. The van der Waals surface area contributed by atoms with Crippen LogP contribution in [0, 0.1) is 0 Å². The Bertz CT molecular complexity index is 526. The average Bonchev–Trinajstić information content (AvgIpc) is 2.93. The van der Waals surface area contributed by atoms with Crippen LogP contribution in [0.4, 0.5) is 0 Å². The molecule has 4 nitrogen and oxygen atoms in total. The van der Waals surface area contributed by atoms with Gasteiger partial charge in [0.05, 0.1) is 0 Å². The van der Waals surface area contributed by atoms with Gasteiger partial charge in [0.2, 0.25) is 0 Å². The van der Waals surface area contributed by atoms with E-state index in [4.69, 9.17) is 0 Å². The number of nitrogens with zero attached hydrogens (tertiary/aromatic N) is 4. The molecule has 1 aliphatic heterocycles. The van der Waals surface area contributed by atoms with E-state index in [0.29, 0.717) is 5.92 Å². The molecule has 1 aliphatic rings. The Morgan fingerprint density at radius 2 is 1.90 bits per heavy atom. The van der Waals surface area contributed by atoms with Crippen molar-refractivity contribution in [3.05, 3.63) is 48.0 Å². The first-order valence-corrected chi connectivity index (χ1v) is 7.43. The van der Waals surface area contributed by atoms with Crippen molar-refractivity contribution >= 4 is 0 Å². The molecule has 0 amide bonds. The molecular formula is C16H22N4. The van der Waals surface area contributed by atoms with Gasteiger partial charge in [0.25, 0.3) is 0 Å². The second-order valence-electron chi connectivity index (χ2n) is 5.65. The zero-order valence-corrected chi connectivity index (χ0v) is 12.1. The van der Waals surface area contributed by atoms with Gasteiger partial charge in [-0.15, -0.1) is 10.2 Å². The summed E-state index contributed by atoms with van der Waals surface area (Å²) in [6, 6.07) is 10.7. The van der Waals surface area contributed by atoms with Gasteiger partial charge in [-0.3, -0.25) is 0 Å². The molecule has 3 rings (SSSR count). The monoisotopic (exact) mass is 270 g/mol. The van der Waals surface area contributed by atoms with Crippen molar-refractivity contribution in [3.8, 4) is 0 Å². The first-order chi connectivity index (χ1) is 9.83. The molecule has 106 valence electrons. The van der Waals surface area contributed by atoms with E-state index < -0.39 is 0 Å². The minimum Gasteiger partial charge on any atom is -0.320 e. The molecule has 1 fully saturated rings. The fourth-order valence-corrected chi connectivity index (χ4v) is 3.01. The molecule has 0 N–H and O–H groups in total. The number of piperidine rings is 1. The molecule has 2 aromatic rings. The maximum atomic E-state index is 4.25. The quantitative estimate of drug-likeness (QED) is 0.854. The Morgan fingerprint density at radius 1 is 1.15 bits per heavy atom. The summed E-state index contributed by atoms with van der Waals surface area (Å²) < 4.78 is 2.06. The molecule has 1 saturated heterocycles. The van der Waals surface area contributed by atoms with Crippen LogP contribution in [-0.2, 0) is 13.5 Å². The Kier molecular flexibility index (Phi) is 4.11. The number of benzene rings is 1. The van der Waals surface area contributed by atoms with Gasteiger partial charge in [0.15, 0.2) is 0 Å². The third kappa shape index (κ3) is 3.07. The molecule has 2 heterocycles. The van der Waals surface area contributed by atoms with E-state index in [1.165, 1.54) is 31.5 Å². The first-order valence-electron chi connectivity index (χ1n) is 7.43. The fraction of sp³-hybridized carbons (Fsp3) is 0.500. The normalized spacial score (nSPS) is 17.4. The molecule has 4 heteroatoms. The van der Waals surface area contributed by atoms with Crippen molar-refractivity contribution in [3.63, 3.8) is 0 Å². The molecule has 0 aliphatic carbocycles. The van der Waals surface area contributed by atoms with Crippen molar-refractivity contribution in [1.29, 1.82) is 0 Å². The highest BCUT2D eigenvalue weighted by molar-refractivity contribution is 5.14. The van der Waals surface area contributed by atoms with Crippen molar-refractivity contribution < 1.29 is 0 Å². The van der Waals surface area contributed by atoms with Crippen molar-refractivity contribution in [2.45, 2.75) is 25.2 Å². The summed E-state index contributed by atoms with van der Waals surface area (Å²) in [6.45, 7) is 3.50. The topological polar surface area (TPSA) is 34.0 Å². The summed E-state index contributed by atoms with van der Waals surface area (Å²) in [5.41, 5.74) is 1.43. The average molecular weight is 270 g/mol. The van der Waals surface area contributed by atoms with Gasteiger partial charge in [-0.05, 0) is 37.9 Å². The van der Waals surface area contributed by atoms with Gasteiger partial charge < -0.3 is 9.47 Å². The molecule has 0 atom stereocenters. The van der Waals surface area contributed by atoms with Gasteiger partial charge in [0.1, 0.15) is 12.2 Å². The van der Waals surface area contributed by atoms with Crippen molar-refractivity contribution in [1.82, 2.24) is 19.7 Å². The fourth-order valence-electron chi connectivity index (χ4n) is 3.01. The van der Waals surface area contributed by atoms with Crippen molar-refractivity contribution in [2.75, 3.05) is 19.6 Å². The number of hydrogen-bond acceptors (Lipinski definition) is 3. The Hall–Kier alpha value is -1.68.